The normalized spacial score (nSPS) is 13.4. The van der Waals surface area contributed by atoms with Gasteiger partial charge in [0.1, 0.15) is 12.7 Å². The van der Waals surface area contributed by atoms with Gasteiger partial charge in [0.2, 0.25) is 6.35 Å². The summed E-state index contributed by atoms with van der Waals surface area (Å²) in [6.07, 6.45) is 5.55. The summed E-state index contributed by atoms with van der Waals surface area (Å²) in [6, 6.07) is 13.5. The first-order chi connectivity index (χ1) is 11.3. The lowest BCUT2D eigenvalue weighted by atomic mass is 10.1. The molecular weight excluding hydrogens is 294 g/mol. The van der Waals surface area contributed by atoms with Crippen molar-refractivity contribution in [2.24, 2.45) is 5.73 Å². The van der Waals surface area contributed by atoms with Gasteiger partial charge >= 0.3 is 6.01 Å². The second kappa shape index (κ2) is 7.48. The molecule has 118 valence electrons. The smallest absolute Gasteiger partial charge is 0.316 e. The summed E-state index contributed by atoms with van der Waals surface area (Å²) < 4.78 is 13.0. The van der Waals surface area contributed by atoms with Crippen LogP contribution in [0.3, 0.4) is 0 Å². The van der Waals surface area contributed by atoms with E-state index in [4.69, 9.17) is 15.2 Å². The molecular formula is C16H17N5O2. The highest BCUT2D eigenvalue weighted by molar-refractivity contribution is 5.18. The predicted octanol–water partition coefficient (Wildman–Crippen LogP) is 1.92. The Morgan fingerprint density at radius 3 is 2.48 bits per heavy atom. The molecule has 0 bridgehead atoms. The van der Waals surface area contributed by atoms with E-state index in [1.807, 2.05) is 30.3 Å². The Morgan fingerprint density at radius 1 is 1.00 bits per heavy atom. The molecule has 2 unspecified atom stereocenters. The number of rotatable bonds is 7. The Labute approximate surface area is 133 Å². The quantitative estimate of drug-likeness (QED) is 0.671. The molecule has 2 atom stereocenters. The lowest BCUT2D eigenvalue weighted by Gasteiger charge is -2.22. The van der Waals surface area contributed by atoms with Crippen LogP contribution < -0.4 is 10.5 Å². The largest absolute Gasteiger partial charge is 0.460 e. The Kier molecular flexibility index (Phi) is 4.92. The number of nitrogens with two attached hydrogens (primary N) is 1. The molecule has 0 spiro atoms. The minimum absolute atomic E-state index is 0.239. The van der Waals surface area contributed by atoms with E-state index in [0.29, 0.717) is 6.01 Å². The first-order valence-electron chi connectivity index (χ1n) is 7.18. The molecule has 1 aromatic carbocycles. The third-order valence-electron chi connectivity index (χ3n) is 3.17. The van der Waals surface area contributed by atoms with Gasteiger partial charge in [0.25, 0.3) is 0 Å². The van der Waals surface area contributed by atoms with Crippen LogP contribution in [0.4, 0.5) is 0 Å². The van der Waals surface area contributed by atoms with E-state index < -0.39 is 6.35 Å². The third kappa shape index (κ3) is 4.12. The van der Waals surface area contributed by atoms with Crippen LogP contribution in [0.15, 0.2) is 67.3 Å². The monoisotopic (exact) mass is 311 g/mol. The summed E-state index contributed by atoms with van der Waals surface area (Å²) in [5.41, 5.74) is 6.99. The van der Waals surface area contributed by atoms with Crippen molar-refractivity contribution < 1.29 is 9.47 Å². The highest BCUT2D eigenvalue weighted by atomic mass is 16.6. The SMILES string of the molecule is NC(OC(COc1ncccn1)c1ccccc1)n1cccn1. The molecule has 7 heteroatoms. The van der Waals surface area contributed by atoms with Gasteiger partial charge in [-0.3, -0.25) is 5.73 Å². The van der Waals surface area contributed by atoms with E-state index in [1.54, 1.807) is 36.9 Å². The molecule has 0 radical (unpaired) electrons. The van der Waals surface area contributed by atoms with Gasteiger partial charge in [0.05, 0.1) is 0 Å². The van der Waals surface area contributed by atoms with E-state index in [2.05, 4.69) is 15.1 Å². The number of hydrogen-bond acceptors (Lipinski definition) is 6. The fourth-order valence-corrected chi connectivity index (χ4v) is 2.05. The molecule has 23 heavy (non-hydrogen) atoms. The van der Waals surface area contributed by atoms with Gasteiger partial charge in [0.15, 0.2) is 0 Å². The summed E-state index contributed by atoms with van der Waals surface area (Å²) in [5, 5.41) is 4.08. The van der Waals surface area contributed by atoms with Gasteiger partial charge in [-0.2, -0.15) is 5.10 Å². The van der Waals surface area contributed by atoms with Gasteiger partial charge in [-0.15, -0.1) is 0 Å². The number of ether oxygens (including phenoxy) is 2. The van der Waals surface area contributed by atoms with Crippen molar-refractivity contribution in [3.05, 3.63) is 72.8 Å². The van der Waals surface area contributed by atoms with Gasteiger partial charge in [-0.05, 0) is 17.7 Å². The summed E-state index contributed by atoms with van der Waals surface area (Å²) in [5.74, 6) is 0. The maximum absolute atomic E-state index is 6.04. The van der Waals surface area contributed by atoms with Crippen LogP contribution in [-0.2, 0) is 4.74 Å². The maximum atomic E-state index is 6.04. The van der Waals surface area contributed by atoms with Crippen LogP contribution in [0.25, 0.3) is 0 Å². The van der Waals surface area contributed by atoms with E-state index in [0.717, 1.165) is 5.56 Å². The summed E-state index contributed by atoms with van der Waals surface area (Å²) >= 11 is 0. The van der Waals surface area contributed by atoms with Crippen LogP contribution in [0.5, 0.6) is 6.01 Å². The lowest BCUT2D eigenvalue weighted by Crippen LogP contribution is -2.27. The van der Waals surface area contributed by atoms with Crippen molar-refractivity contribution in [2.75, 3.05) is 6.61 Å². The Morgan fingerprint density at radius 2 is 1.78 bits per heavy atom. The number of hydrogen-bond donors (Lipinski definition) is 1. The molecule has 0 aliphatic rings. The summed E-state index contributed by atoms with van der Waals surface area (Å²) in [7, 11) is 0. The van der Waals surface area contributed by atoms with Crippen molar-refractivity contribution in [3.8, 4) is 6.01 Å². The molecule has 0 saturated carbocycles. The van der Waals surface area contributed by atoms with Crippen molar-refractivity contribution in [3.63, 3.8) is 0 Å². The first kappa shape index (κ1) is 15.1. The van der Waals surface area contributed by atoms with Gasteiger partial charge < -0.3 is 9.47 Å². The second-order valence-electron chi connectivity index (χ2n) is 4.75. The average Bonchev–Trinajstić information content (AvgIpc) is 3.15. The molecule has 0 fully saturated rings. The summed E-state index contributed by atoms with van der Waals surface area (Å²) in [4.78, 5) is 8.07. The van der Waals surface area contributed by atoms with Crippen molar-refractivity contribution >= 4 is 0 Å². The number of aromatic nitrogens is 4. The standard InChI is InChI=1S/C16H17N5O2/c17-15(21-11-5-10-20-21)23-14(13-6-2-1-3-7-13)12-22-16-18-8-4-9-19-16/h1-11,14-15H,12,17H2. The molecule has 0 amide bonds. The van der Waals surface area contributed by atoms with Gasteiger partial charge in [0, 0.05) is 24.8 Å². The van der Waals surface area contributed by atoms with Crippen molar-refractivity contribution in [1.82, 2.24) is 19.7 Å². The fourth-order valence-electron chi connectivity index (χ4n) is 2.05. The van der Waals surface area contributed by atoms with Gasteiger partial charge in [-0.25, -0.2) is 14.6 Å². The second-order valence-corrected chi connectivity index (χ2v) is 4.75. The number of nitrogens with zero attached hydrogens (tertiary/aromatic N) is 4. The highest BCUT2D eigenvalue weighted by Crippen LogP contribution is 2.21. The zero-order valence-electron chi connectivity index (χ0n) is 12.4. The Balaban J connectivity index is 1.71. The molecule has 7 nitrogen and oxygen atoms in total. The lowest BCUT2D eigenvalue weighted by molar-refractivity contribution is -0.0761. The van der Waals surface area contributed by atoms with E-state index in [9.17, 15) is 0 Å². The minimum Gasteiger partial charge on any atom is -0.460 e. The average molecular weight is 311 g/mol. The molecule has 0 saturated heterocycles. The first-order valence-corrected chi connectivity index (χ1v) is 7.18. The van der Waals surface area contributed by atoms with E-state index in [1.165, 1.54) is 4.68 Å². The van der Waals surface area contributed by atoms with Crippen molar-refractivity contribution in [1.29, 1.82) is 0 Å². The molecule has 3 aromatic rings. The third-order valence-corrected chi connectivity index (χ3v) is 3.17. The highest BCUT2D eigenvalue weighted by Gasteiger charge is 2.18. The van der Waals surface area contributed by atoms with E-state index in [-0.39, 0.29) is 12.7 Å². The fraction of sp³-hybridized carbons (Fsp3) is 0.188. The topological polar surface area (TPSA) is 88.1 Å². The van der Waals surface area contributed by atoms with Crippen LogP contribution in [0, 0.1) is 0 Å². The van der Waals surface area contributed by atoms with Crippen LogP contribution in [0.2, 0.25) is 0 Å². The molecule has 3 rings (SSSR count). The van der Waals surface area contributed by atoms with Crippen LogP contribution in [-0.4, -0.2) is 26.4 Å². The van der Waals surface area contributed by atoms with Crippen molar-refractivity contribution in [2.45, 2.75) is 12.5 Å². The minimum atomic E-state index is -0.713. The maximum Gasteiger partial charge on any atom is 0.316 e. The van der Waals surface area contributed by atoms with Crippen LogP contribution >= 0.6 is 0 Å². The van der Waals surface area contributed by atoms with Gasteiger partial charge in [-0.1, -0.05) is 30.3 Å². The zero-order valence-corrected chi connectivity index (χ0v) is 12.4. The van der Waals surface area contributed by atoms with Crippen LogP contribution in [0.1, 0.15) is 18.0 Å². The molecule has 2 aromatic heterocycles. The van der Waals surface area contributed by atoms with E-state index >= 15 is 0 Å². The molecule has 2 N–H and O–H groups in total. The summed E-state index contributed by atoms with van der Waals surface area (Å²) in [6.45, 7) is 0.239. The zero-order chi connectivity index (χ0) is 15.9. The number of benzene rings is 1. The molecule has 2 heterocycles. The Bertz CT molecular complexity index is 691. The molecule has 0 aliphatic carbocycles. The predicted molar refractivity (Wildman–Crippen MR) is 83.2 cm³/mol. The molecule has 0 aliphatic heterocycles. The Hall–Kier alpha value is -2.77.